The number of hydrogen-bond donors (Lipinski definition) is 1. The fraction of sp³-hybridized carbons (Fsp3) is 0.590. The Bertz CT molecular complexity index is 1600. The van der Waals surface area contributed by atoms with E-state index in [0.717, 1.165) is 80.0 Å². The number of aryl methyl sites for hydroxylation is 1. The van der Waals surface area contributed by atoms with Crippen LogP contribution in [0.15, 0.2) is 48.6 Å². The van der Waals surface area contributed by atoms with Crippen molar-refractivity contribution in [3.8, 4) is 5.75 Å². The third-order valence-corrected chi connectivity index (χ3v) is 15.8. The van der Waals surface area contributed by atoms with E-state index in [1.807, 2.05) is 18.2 Å². The Morgan fingerprint density at radius 2 is 1.92 bits per heavy atom. The summed E-state index contributed by atoms with van der Waals surface area (Å²) >= 11 is 6.48. The van der Waals surface area contributed by atoms with Crippen LogP contribution in [0.3, 0.4) is 0 Å². The zero-order valence-corrected chi connectivity index (χ0v) is 31.2. The molecule has 260 valence electrons. The van der Waals surface area contributed by atoms with E-state index < -0.39 is 21.5 Å². The molecule has 0 radical (unpaired) electrons. The summed E-state index contributed by atoms with van der Waals surface area (Å²) in [5.74, 6) is 9.24. The van der Waals surface area contributed by atoms with Crippen molar-refractivity contribution in [2.45, 2.75) is 64.0 Å². The fourth-order valence-corrected chi connectivity index (χ4v) is 11.9. The highest BCUT2D eigenvalue weighted by Gasteiger charge is 2.52. The number of nitrogens with zero attached hydrogens (tertiary/aromatic N) is 2. The molecule has 7 rings (SSSR count). The van der Waals surface area contributed by atoms with Crippen molar-refractivity contribution in [2.75, 3.05) is 55.7 Å². The zero-order valence-electron chi connectivity index (χ0n) is 28.8. The highest BCUT2D eigenvalue weighted by molar-refractivity contribution is 8.13. The number of carbonyl (C=O) groups is 1. The highest BCUT2D eigenvalue weighted by atomic mass is 35.5. The Morgan fingerprint density at radius 3 is 2.65 bits per heavy atom. The zero-order chi connectivity index (χ0) is 33.6. The molecular formula is C39H52ClN3O3S2. The minimum atomic E-state index is -0.599. The lowest BCUT2D eigenvalue weighted by atomic mass is 9.66. The summed E-state index contributed by atoms with van der Waals surface area (Å²) in [4.78, 5) is 18.8. The molecular weight excluding hydrogens is 658 g/mol. The number of likely N-dealkylation sites (tertiary alicyclic amines) is 1. The molecule has 4 aliphatic heterocycles. The summed E-state index contributed by atoms with van der Waals surface area (Å²) in [6, 6.07) is 12.3. The molecule has 1 spiro atoms. The number of benzene rings is 2. The summed E-state index contributed by atoms with van der Waals surface area (Å²) in [6.07, 6.45) is 10.4. The number of amides is 1. The van der Waals surface area contributed by atoms with Crippen molar-refractivity contribution >= 4 is 50.5 Å². The van der Waals surface area contributed by atoms with Crippen molar-refractivity contribution in [2.24, 2.45) is 29.1 Å². The van der Waals surface area contributed by atoms with Gasteiger partial charge in [0, 0.05) is 82.2 Å². The van der Waals surface area contributed by atoms with Gasteiger partial charge in [0.2, 0.25) is 0 Å². The summed E-state index contributed by atoms with van der Waals surface area (Å²) in [6.45, 7) is 12.4. The second-order valence-corrected chi connectivity index (χ2v) is 19.2. The number of nitrogens with one attached hydrogen (secondary N) is 1. The number of ether oxygens (including phenoxy) is 1. The van der Waals surface area contributed by atoms with Crippen LogP contribution in [0.1, 0.15) is 73.9 Å². The first-order valence-corrected chi connectivity index (χ1v) is 21.3. The molecule has 48 heavy (non-hydrogen) atoms. The van der Waals surface area contributed by atoms with Crippen LogP contribution >= 0.6 is 22.3 Å². The van der Waals surface area contributed by atoms with Gasteiger partial charge < -0.3 is 19.3 Å². The molecule has 1 aliphatic carbocycles. The van der Waals surface area contributed by atoms with E-state index in [4.69, 9.17) is 16.3 Å². The molecule has 7 unspecified atom stereocenters. The number of hydrogen-bond acceptors (Lipinski definition) is 5. The van der Waals surface area contributed by atoms with Gasteiger partial charge in [-0.15, -0.1) is 0 Å². The number of carbonyl (C=O) groups excluding carboxylic acids is 1. The van der Waals surface area contributed by atoms with E-state index in [1.54, 1.807) is 0 Å². The van der Waals surface area contributed by atoms with Crippen LogP contribution in [0, 0.1) is 29.1 Å². The topological polar surface area (TPSA) is 61.9 Å². The number of anilines is 1. The van der Waals surface area contributed by atoms with E-state index in [0.29, 0.717) is 41.3 Å². The maximum atomic E-state index is 13.6. The largest absolute Gasteiger partial charge is 0.491 e. The van der Waals surface area contributed by atoms with Gasteiger partial charge in [0.15, 0.2) is 0 Å². The van der Waals surface area contributed by atoms with Crippen molar-refractivity contribution in [1.82, 2.24) is 9.62 Å². The van der Waals surface area contributed by atoms with Gasteiger partial charge in [0.1, 0.15) is 5.75 Å². The van der Waals surface area contributed by atoms with Crippen molar-refractivity contribution in [3.05, 3.63) is 70.3 Å². The number of halogens is 1. The quantitative estimate of drug-likeness (QED) is 0.261. The molecule has 1 amide bonds. The first-order chi connectivity index (χ1) is 23.1. The SMILES string of the molecule is C=S1NC(=O)c2ccc3c(c2)N(CC(c2ccc(Cl)cc2CCC)CO3)CC2CCC2C(CN2CC3(C2)CS(=O)C3)/C=C/CC(C)C1C. The maximum Gasteiger partial charge on any atom is 0.260 e. The van der Waals surface area contributed by atoms with Crippen LogP contribution in [0.25, 0.3) is 0 Å². The number of fused-ring (bicyclic) bond motifs is 2. The summed E-state index contributed by atoms with van der Waals surface area (Å²) in [5.41, 5.74) is 4.63. The summed E-state index contributed by atoms with van der Waals surface area (Å²) in [5, 5.41) is 1.04. The third kappa shape index (κ3) is 7.06. The highest BCUT2D eigenvalue weighted by Crippen LogP contribution is 2.46. The number of allylic oxidation sites excluding steroid dienone is 1. The van der Waals surface area contributed by atoms with Crippen LogP contribution in [0.2, 0.25) is 5.02 Å². The Kier molecular flexibility index (Phi) is 10.2. The van der Waals surface area contributed by atoms with Gasteiger partial charge in [-0.2, -0.15) is 0 Å². The minimum absolute atomic E-state index is 0.0642. The molecule has 7 atom stereocenters. The van der Waals surface area contributed by atoms with E-state index in [1.165, 1.54) is 24.0 Å². The van der Waals surface area contributed by atoms with Crippen LogP contribution in [-0.2, 0) is 17.2 Å². The third-order valence-electron chi connectivity index (χ3n) is 11.9. The maximum absolute atomic E-state index is 13.6. The van der Waals surface area contributed by atoms with Crippen LogP contribution in [0.5, 0.6) is 5.75 Å². The summed E-state index contributed by atoms with van der Waals surface area (Å²) < 4.78 is 21.8. The first kappa shape index (κ1) is 34.3. The second-order valence-electron chi connectivity index (χ2n) is 15.5. The normalized spacial score (nSPS) is 32.9. The van der Waals surface area contributed by atoms with E-state index in [9.17, 15) is 9.00 Å². The van der Waals surface area contributed by atoms with Gasteiger partial charge in [0.25, 0.3) is 5.91 Å². The van der Waals surface area contributed by atoms with E-state index in [2.05, 4.69) is 71.5 Å². The lowest BCUT2D eigenvalue weighted by molar-refractivity contribution is -0.000731. The standard InChI is InChI=1S/C39H52ClN3O3S2/c1-5-7-28-16-33(40)12-14-34(28)32-20-43-19-31-10-13-35(31)30(18-42-22-39(23-42)24-48(45)25-39)9-6-8-26(2)27(3)47(4)41-38(44)29-11-15-37(46-21-32)36(43)17-29/h6,9,11-12,14-17,26-27,30-32,35H,4-5,7-8,10,13,18-25H2,1-3H3,(H,41,44)/b9-6+. The first-order valence-electron chi connectivity index (χ1n) is 18.0. The summed E-state index contributed by atoms with van der Waals surface area (Å²) in [7, 11) is -1.11. The fourth-order valence-electron chi connectivity index (χ4n) is 8.83. The van der Waals surface area contributed by atoms with Crippen molar-refractivity contribution in [1.29, 1.82) is 0 Å². The van der Waals surface area contributed by atoms with Crippen LogP contribution in [0.4, 0.5) is 5.69 Å². The van der Waals surface area contributed by atoms with E-state index >= 15 is 0 Å². The van der Waals surface area contributed by atoms with Crippen LogP contribution < -0.4 is 14.4 Å². The van der Waals surface area contributed by atoms with Gasteiger partial charge >= 0.3 is 0 Å². The van der Waals surface area contributed by atoms with Gasteiger partial charge in [0.05, 0.1) is 12.3 Å². The molecule has 4 heterocycles. The minimum Gasteiger partial charge on any atom is -0.491 e. The Hall–Kier alpha value is -2.13. The molecule has 2 saturated heterocycles. The lowest BCUT2D eigenvalue weighted by Crippen LogP contribution is -2.67. The molecule has 9 heteroatoms. The Labute approximate surface area is 297 Å². The molecule has 3 fully saturated rings. The molecule has 6 nitrogen and oxygen atoms in total. The van der Waals surface area contributed by atoms with Crippen LogP contribution in [-0.4, -0.2) is 77.0 Å². The molecule has 1 N–H and O–H groups in total. The predicted octanol–water partition coefficient (Wildman–Crippen LogP) is 7.31. The predicted molar refractivity (Wildman–Crippen MR) is 203 cm³/mol. The molecule has 2 bridgehead atoms. The average molecular weight is 710 g/mol. The average Bonchev–Trinajstić information content (AvgIpc) is 3.19. The lowest BCUT2D eigenvalue weighted by Gasteiger charge is -2.56. The van der Waals surface area contributed by atoms with Gasteiger partial charge in [-0.1, -0.05) is 73.6 Å². The van der Waals surface area contributed by atoms with Gasteiger partial charge in [-0.05, 0) is 90.8 Å². The molecule has 0 aromatic heterocycles. The van der Waals surface area contributed by atoms with Crippen molar-refractivity contribution in [3.63, 3.8) is 0 Å². The monoisotopic (exact) mass is 709 g/mol. The Balaban J connectivity index is 1.21. The molecule has 1 saturated carbocycles. The molecule has 2 aromatic rings. The molecule has 2 aromatic carbocycles. The smallest absolute Gasteiger partial charge is 0.260 e. The van der Waals surface area contributed by atoms with Gasteiger partial charge in [-0.3, -0.25) is 9.00 Å². The Morgan fingerprint density at radius 1 is 1.10 bits per heavy atom. The molecule has 5 aliphatic rings. The van der Waals surface area contributed by atoms with E-state index in [-0.39, 0.29) is 17.1 Å². The van der Waals surface area contributed by atoms with Gasteiger partial charge in [-0.25, -0.2) is 0 Å². The number of rotatable bonds is 5. The van der Waals surface area contributed by atoms with Crippen molar-refractivity contribution < 1.29 is 13.7 Å². The second kappa shape index (κ2) is 14.2.